The van der Waals surface area contributed by atoms with E-state index < -0.39 is 23.4 Å². The van der Waals surface area contributed by atoms with Crippen LogP contribution in [0.5, 0.6) is 5.75 Å². The van der Waals surface area contributed by atoms with Gasteiger partial charge < -0.3 is 14.2 Å². The van der Waals surface area contributed by atoms with Gasteiger partial charge in [-0.3, -0.25) is 0 Å². The predicted molar refractivity (Wildman–Crippen MR) is 109 cm³/mol. The minimum Gasteiger partial charge on any atom is -0.494 e. The molecule has 2 aromatic rings. The zero-order chi connectivity index (χ0) is 21.3. The number of anilines is 1. The highest BCUT2D eigenvalue weighted by Gasteiger charge is 2.35. The van der Waals surface area contributed by atoms with Gasteiger partial charge in [0, 0.05) is 4.47 Å². The number of ether oxygens (including phenoxy) is 3. The number of fused-ring (bicyclic) bond motifs is 1. The molecule has 1 aromatic carbocycles. The van der Waals surface area contributed by atoms with E-state index in [1.54, 1.807) is 53.7 Å². The second-order valence-electron chi connectivity index (χ2n) is 7.97. The Bertz CT molecular complexity index is 875. The lowest BCUT2D eigenvalue weighted by atomic mass is 10.2. The Morgan fingerprint density at radius 2 is 1.50 bits per heavy atom. The number of hydrogen-bond donors (Lipinski definition) is 0. The van der Waals surface area contributed by atoms with Crippen LogP contribution >= 0.6 is 15.9 Å². The van der Waals surface area contributed by atoms with Gasteiger partial charge in [0.25, 0.3) is 0 Å². The molecule has 0 saturated carbocycles. The molecule has 9 heteroatoms. The Morgan fingerprint density at radius 3 is 1.96 bits per heavy atom. The van der Waals surface area contributed by atoms with Crippen LogP contribution in [-0.2, 0) is 9.47 Å². The van der Waals surface area contributed by atoms with Crippen LogP contribution < -0.4 is 9.64 Å². The van der Waals surface area contributed by atoms with Crippen LogP contribution in [0.1, 0.15) is 41.5 Å². The summed E-state index contributed by atoms with van der Waals surface area (Å²) in [5.74, 6) is 0.495. The van der Waals surface area contributed by atoms with Crippen molar-refractivity contribution in [3.05, 3.63) is 22.9 Å². The topological polar surface area (TPSA) is 90.8 Å². The molecule has 0 atom stereocenters. The van der Waals surface area contributed by atoms with Gasteiger partial charge >= 0.3 is 12.2 Å². The molecule has 0 fully saturated rings. The minimum atomic E-state index is -0.906. The van der Waals surface area contributed by atoms with Crippen molar-refractivity contribution in [2.24, 2.45) is 0 Å². The number of amides is 2. The van der Waals surface area contributed by atoms with Gasteiger partial charge in [-0.2, -0.15) is 4.90 Å². The quantitative estimate of drug-likeness (QED) is 0.625. The molecular weight excluding hydrogens is 430 g/mol. The van der Waals surface area contributed by atoms with E-state index in [9.17, 15) is 9.59 Å². The van der Waals surface area contributed by atoms with Gasteiger partial charge in [-0.15, -0.1) is 0 Å². The third-order valence-corrected chi connectivity index (χ3v) is 3.93. The molecule has 0 radical (unpaired) electrons. The zero-order valence-corrected chi connectivity index (χ0v) is 18.6. The maximum absolute atomic E-state index is 12.9. The fourth-order valence-corrected chi connectivity index (χ4v) is 2.79. The van der Waals surface area contributed by atoms with Gasteiger partial charge in [-0.05, 0) is 69.6 Å². The summed E-state index contributed by atoms with van der Waals surface area (Å²) in [6.45, 7) is 10.2. The largest absolute Gasteiger partial charge is 0.494 e. The number of carbonyl (C=O) groups excluding carboxylic acids is 2. The molecule has 1 aromatic heterocycles. The Balaban J connectivity index is 2.70. The summed E-state index contributed by atoms with van der Waals surface area (Å²) in [7, 11) is 1.50. The van der Waals surface area contributed by atoms with E-state index in [2.05, 4.69) is 25.9 Å². The van der Waals surface area contributed by atoms with Crippen molar-refractivity contribution >= 4 is 44.8 Å². The highest BCUT2D eigenvalue weighted by molar-refractivity contribution is 9.10. The van der Waals surface area contributed by atoms with Crippen molar-refractivity contribution in [1.82, 2.24) is 9.97 Å². The van der Waals surface area contributed by atoms with E-state index >= 15 is 0 Å². The lowest BCUT2D eigenvalue weighted by Crippen LogP contribution is -2.44. The summed E-state index contributed by atoms with van der Waals surface area (Å²) in [5.41, 5.74) is -1.22. The molecule has 2 rings (SSSR count). The van der Waals surface area contributed by atoms with Crippen LogP contribution in [0.25, 0.3) is 10.9 Å². The lowest BCUT2D eigenvalue weighted by molar-refractivity contribution is 0.0429. The van der Waals surface area contributed by atoms with E-state index in [-0.39, 0.29) is 5.82 Å². The van der Waals surface area contributed by atoms with Crippen LogP contribution in [0, 0.1) is 0 Å². The molecule has 0 saturated heterocycles. The normalized spacial score (nSPS) is 11.9. The standard InChI is InChI=1S/C19H24BrN3O5/c1-18(2,3)27-16(24)23(17(25)28-19(4,5)6)15-13-11(20)8-9-12(26-7)14(13)21-10-22-15/h8-10H,1-7H3. The molecule has 0 aliphatic heterocycles. The van der Waals surface area contributed by atoms with E-state index in [4.69, 9.17) is 14.2 Å². The first-order valence-electron chi connectivity index (χ1n) is 8.57. The fraction of sp³-hybridized carbons (Fsp3) is 0.474. The van der Waals surface area contributed by atoms with E-state index in [0.717, 1.165) is 4.90 Å². The number of halogens is 1. The van der Waals surface area contributed by atoms with Gasteiger partial charge in [0.15, 0.2) is 5.82 Å². The summed E-state index contributed by atoms with van der Waals surface area (Å²) in [4.78, 5) is 35.0. The van der Waals surface area contributed by atoms with E-state index in [0.29, 0.717) is 21.1 Å². The molecule has 152 valence electrons. The van der Waals surface area contributed by atoms with Gasteiger partial charge in [0.2, 0.25) is 0 Å². The van der Waals surface area contributed by atoms with Crippen molar-refractivity contribution < 1.29 is 23.8 Å². The van der Waals surface area contributed by atoms with Crippen molar-refractivity contribution in [2.45, 2.75) is 52.7 Å². The van der Waals surface area contributed by atoms with Crippen molar-refractivity contribution in [2.75, 3.05) is 12.0 Å². The lowest BCUT2D eigenvalue weighted by Gasteiger charge is -2.28. The SMILES string of the molecule is COc1ccc(Br)c2c(N(C(=O)OC(C)(C)C)C(=O)OC(C)(C)C)ncnc12. The first-order valence-corrected chi connectivity index (χ1v) is 9.36. The van der Waals surface area contributed by atoms with Crippen molar-refractivity contribution in [1.29, 1.82) is 0 Å². The minimum absolute atomic E-state index is 0.0271. The van der Waals surface area contributed by atoms with Gasteiger partial charge in [0.05, 0.1) is 12.5 Å². The molecule has 0 bridgehead atoms. The number of nitrogens with zero attached hydrogens (tertiary/aromatic N) is 3. The number of carbonyl (C=O) groups is 2. The third kappa shape index (κ3) is 5.09. The number of hydrogen-bond acceptors (Lipinski definition) is 7. The molecule has 0 unspecified atom stereocenters. The number of aromatic nitrogens is 2. The highest BCUT2D eigenvalue weighted by atomic mass is 79.9. The van der Waals surface area contributed by atoms with Gasteiger partial charge in [0.1, 0.15) is 28.8 Å². The van der Waals surface area contributed by atoms with Gasteiger partial charge in [-0.1, -0.05) is 0 Å². The van der Waals surface area contributed by atoms with E-state index in [1.165, 1.54) is 13.4 Å². The van der Waals surface area contributed by atoms with E-state index in [1.807, 2.05) is 0 Å². The Kier molecular flexibility index (Phi) is 6.18. The molecule has 0 N–H and O–H groups in total. The molecule has 8 nitrogen and oxygen atoms in total. The molecular formula is C19H24BrN3O5. The fourth-order valence-electron chi connectivity index (χ4n) is 2.29. The predicted octanol–water partition coefficient (Wildman–Crippen LogP) is 5.08. The number of rotatable bonds is 2. The summed E-state index contributed by atoms with van der Waals surface area (Å²) in [5, 5.41) is 0.415. The number of imide groups is 1. The van der Waals surface area contributed by atoms with Crippen molar-refractivity contribution in [3.8, 4) is 5.75 Å². The maximum Gasteiger partial charge on any atom is 0.425 e. The van der Waals surface area contributed by atoms with Crippen LogP contribution in [0.3, 0.4) is 0 Å². The molecule has 2 amide bonds. The molecule has 0 spiro atoms. The Hall–Kier alpha value is -2.42. The molecule has 0 aliphatic carbocycles. The maximum atomic E-state index is 12.9. The number of benzene rings is 1. The molecule has 28 heavy (non-hydrogen) atoms. The third-order valence-electron chi connectivity index (χ3n) is 3.26. The first kappa shape index (κ1) is 21.9. The van der Waals surface area contributed by atoms with Gasteiger partial charge in [-0.25, -0.2) is 19.6 Å². The first-order chi connectivity index (χ1) is 12.8. The second-order valence-corrected chi connectivity index (χ2v) is 8.82. The second kappa shape index (κ2) is 7.90. The van der Waals surface area contributed by atoms with Crippen LogP contribution in [0.4, 0.5) is 15.4 Å². The molecule has 1 heterocycles. The molecule has 0 aliphatic rings. The highest BCUT2D eigenvalue weighted by Crippen LogP contribution is 2.36. The van der Waals surface area contributed by atoms with Crippen LogP contribution in [0.15, 0.2) is 22.9 Å². The van der Waals surface area contributed by atoms with Crippen LogP contribution in [-0.4, -0.2) is 40.5 Å². The summed E-state index contributed by atoms with van der Waals surface area (Å²) in [6.07, 6.45) is -0.568. The Labute approximate surface area is 172 Å². The average Bonchev–Trinajstić information content (AvgIpc) is 2.52. The zero-order valence-electron chi connectivity index (χ0n) is 17.0. The van der Waals surface area contributed by atoms with Crippen LogP contribution in [0.2, 0.25) is 0 Å². The summed E-state index contributed by atoms with van der Waals surface area (Å²) >= 11 is 3.43. The smallest absolute Gasteiger partial charge is 0.425 e. The van der Waals surface area contributed by atoms with Crippen molar-refractivity contribution in [3.63, 3.8) is 0 Å². The average molecular weight is 454 g/mol. The monoisotopic (exact) mass is 453 g/mol. The summed E-state index contributed by atoms with van der Waals surface area (Å²) < 4.78 is 16.7. The number of methoxy groups -OCH3 is 1. The summed E-state index contributed by atoms with van der Waals surface area (Å²) in [6, 6.07) is 3.44. The Morgan fingerprint density at radius 1 is 0.964 bits per heavy atom.